The summed E-state index contributed by atoms with van der Waals surface area (Å²) < 4.78 is 0. The summed E-state index contributed by atoms with van der Waals surface area (Å²) in [6.45, 7) is 0. The van der Waals surface area contributed by atoms with Gasteiger partial charge in [-0.1, -0.05) is 0 Å². The van der Waals surface area contributed by atoms with Crippen molar-refractivity contribution in [3.05, 3.63) is 24.3 Å². The fourth-order valence-electron chi connectivity index (χ4n) is 2.03. The molecule has 5 heteroatoms. The largest absolute Gasteiger partial charge is 0.398 e. The van der Waals surface area contributed by atoms with E-state index in [1.54, 1.807) is 0 Å². The molecule has 0 saturated carbocycles. The van der Waals surface area contributed by atoms with Crippen molar-refractivity contribution in [3.8, 4) is 0 Å². The third kappa shape index (κ3) is 1.12. The number of hydrogen-bond acceptors (Lipinski definition) is 3. The Hall–Kier alpha value is -2.01. The van der Waals surface area contributed by atoms with Crippen LogP contribution in [0.3, 0.4) is 0 Å². The molecule has 0 fully saturated rings. The van der Waals surface area contributed by atoms with E-state index in [9.17, 15) is 0 Å². The van der Waals surface area contributed by atoms with Crippen LogP contribution in [0.1, 0.15) is 0 Å². The quantitative estimate of drug-likeness (QED) is 0.412. The fraction of sp³-hybridized carbons (Fsp3) is 0. The molecule has 3 rings (SSSR count). The highest BCUT2D eigenvalue weighted by Gasteiger charge is 2.17. The van der Waals surface area contributed by atoms with Crippen LogP contribution in [0.15, 0.2) is 24.3 Å². The summed E-state index contributed by atoms with van der Waals surface area (Å²) in [5.74, 6) is 0. The van der Waals surface area contributed by atoms with Crippen LogP contribution >= 0.6 is 12.2 Å². The second kappa shape index (κ2) is 2.99. The Balaban J connectivity index is 2.50. The Morgan fingerprint density at radius 1 is 0.812 bits per heavy atom. The highest BCUT2D eigenvalue weighted by molar-refractivity contribution is 7.80. The summed E-state index contributed by atoms with van der Waals surface area (Å²) >= 11 is 5.11. The second-order valence-electron chi connectivity index (χ2n) is 3.73. The molecule has 0 atom stereocenters. The first kappa shape index (κ1) is 9.23. The van der Waals surface area contributed by atoms with Gasteiger partial charge in [0.2, 0.25) is 0 Å². The molecule has 0 aliphatic carbocycles. The number of thiocarbonyl (C=S) groups is 1. The maximum atomic E-state index is 5.94. The Bertz CT molecular complexity index is 572. The summed E-state index contributed by atoms with van der Waals surface area (Å²) in [6.07, 6.45) is 0. The molecule has 16 heavy (non-hydrogen) atoms. The molecule has 0 spiro atoms. The highest BCUT2D eigenvalue weighted by Crippen LogP contribution is 2.39. The van der Waals surface area contributed by atoms with E-state index >= 15 is 0 Å². The third-order valence-corrected chi connectivity index (χ3v) is 2.93. The number of hydrogen-bond donors (Lipinski definition) is 4. The van der Waals surface area contributed by atoms with Gasteiger partial charge >= 0.3 is 0 Å². The van der Waals surface area contributed by atoms with Gasteiger partial charge in [0.15, 0.2) is 5.11 Å². The molecule has 80 valence electrons. The van der Waals surface area contributed by atoms with Crippen molar-refractivity contribution in [2.45, 2.75) is 0 Å². The smallest absolute Gasteiger partial charge is 0.175 e. The molecule has 4 nitrogen and oxygen atoms in total. The summed E-state index contributed by atoms with van der Waals surface area (Å²) in [7, 11) is 0. The maximum absolute atomic E-state index is 5.94. The lowest BCUT2D eigenvalue weighted by Gasteiger charge is -2.22. The van der Waals surface area contributed by atoms with E-state index in [2.05, 4.69) is 10.6 Å². The van der Waals surface area contributed by atoms with Crippen molar-refractivity contribution in [1.82, 2.24) is 0 Å². The molecule has 0 amide bonds. The molecule has 1 heterocycles. The predicted molar refractivity (Wildman–Crippen MR) is 72.6 cm³/mol. The lowest BCUT2D eigenvalue weighted by Crippen LogP contribution is -2.23. The topological polar surface area (TPSA) is 76.1 Å². The number of anilines is 4. The van der Waals surface area contributed by atoms with Gasteiger partial charge in [-0.15, -0.1) is 0 Å². The highest BCUT2D eigenvalue weighted by atomic mass is 32.1. The number of nitrogen functional groups attached to an aromatic ring is 2. The van der Waals surface area contributed by atoms with Crippen LogP contribution < -0.4 is 22.1 Å². The van der Waals surface area contributed by atoms with Gasteiger partial charge in [-0.2, -0.15) is 0 Å². The van der Waals surface area contributed by atoms with Crippen LogP contribution in [-0.4, -0.2) is 5.11 Å². The Kier molecular flexibility index (Phi) is 1.73. The molecule has 0 bridgehead atoms. The zero-order valence-corrected chi connectivity index (χ0v) is 9.19. The zero-order chi connectivity index (χ0) is 11.3. The van der Waals surface area contributed by atoms with E-state index in [0.29, 0.717) is 16.5 Å². The minimum Gasteiger partial charge on any atom is -0.398 e. The maximum Gasteiger partial charge on any atom is 0.175 e. The van der Waals surface area contributed by atoms with Gasteiger partial charge in [-0.25, -0.2) is 0 Å². The average molecular weight is 230 g/mol. The van der Waals surface area contributed by atoms with Crippen LogP contribution in [0.2, 0.25) is 0 Å². The molecule has 0 unspecified atom stereocenters. The van der Waals surface area contributed by atoms with Crippen molar-refractivity contribution >= 4 is 50.9 Å². The van der Waals surface area contributed by atoms with E-state index in [1.165, 1.54) is 0 Å². The summed E-state index contributed by atoms with van der Waals surface area (Å²) in [5.41, 5.74) is 15.1. The fourth-order valence-corrected chi connectivity index (χ4v) is 2.25. The lowest BCUT2D eigenvalue weighted by atomic mass is 10.0. The summed E-state index contributed by atoms with van der Waals surface area (Å²) in [6, 6.07) is 7.49. The Morgan fingerprint density at radius 3 is 1.81 bits per heavy atom. The number of benzene rings is 2. The molecule has 2 aromatic rings. The van der Waals surface area contributed by atoms with Crippen LogP contribution in [0.5, 0.6) is 0 Å². The van der Waals surface area contributed by atoms with E-state index in [4.69, 9.17) is 23.7 Å². The van der Waals surface area contributed by atoms with Gasteiger partial charge in [0, 0.05) is 22.1 Å². The van der Waals surface area contributed by atoms with Gasteiger partial charge in [-0.3, -0.25) is 0 Å². The van der Waals surface area contributed by atoms with Gasteiger partial charge in [0.05, 0.1) is 11.4 Å². The third-order valence-electron chi connectivity index (χ3n) is 2.72. The van der Waals surface area contributed by atoms with Crippen LogP contribution in [0.25, 0.3) is 10.8 Å². The molecule has 0 aromatic heterocycles. The van der Waals surface area contributed by atoms with E-state index in [0.717, 1.165) is 22.1 Å². The van der Waals surface area contributed by atoms with Crippen molar-refractivity contribution in [2.24, 2.45) is 0 Å². The first-order chi connectivity index (χ1) is 7.66. The van der Waals surface area contributed by atoms with Crippen molar-refractivity contribution in [2.75, 3.05) is 22.1 Å². The van der Waals surface area contributed by atoms with E-state index in [-0.39, 0.29) is 0 Å². The van der Waals surface area contributed by atoms with Crippen LogP contribution in [-0.2, 0) is 0 Å². The summed E-state index contributed by atoms with van der Waals surface area (Å²) in [5, 5.41) is 8.63. The van der Waals surface area contributed by atoms with Gasteiger partial charge in [0.1, 0.15) is 0 Å². The summed E-state index contributed by atoms with van der Waals surface area (Å²) in [4.78, 5) is 0. The van der Waals surface area contributed by atoms with Crippen molar-refractivity contribution in [1.29, 1.82) is 0 Å². The van der Waals surface area contributed by atoms with Gasteiger partial charge in [-0.05, 0) is 36.5 Å². The molecule has 1 aliphatic heterocycles. The molecule has 1 aliphatic rings. The van der Waals surface area contributed by atoms with Crippen molar-refractivity contribution < 1.29 is 0 Å². The SMILES string of the molecule is Nc1ccc2c3c(ccc(N)c13)NC(=S)N2. The predicted octanol–water partition coefficient (Wildman–Crippen LogP) is 2.13. The van der Waals surface area contributed by atoms with Gasteiger partial charge in [0.25, 0.3) is 0 Å². The molecule has 0 saturated heterocycles. The Morgan fingerprint density at radius 2 is 1.31 bits per heavy atom. The van der Waals surface area contributed by atoms with Crippen molar-refractivity contribution in [3.63, 3.8) is 0 Å². The average Bonchev–Trinajstić information content (AvgIpc) is 2.25. The van der Waals surface area contributed by atoms with E-state index < -0.39 is 0 Å². The monoisotopic (exact) mass is 230 g/mol. The first-order valence-electron chi connectivity index (χ1n) is 4.85. The number of nitrogens with two attached hydrogens (primary N) is 2. The molecule has 2 aromatic carbocycles. The molecule has 6 N–H and O–H groups in total. The normalized spacial score (nSPS) is 13.4. The first-order valence-corrected chi connectivity index (χ1v) is 5.26. The zero-order valence-electron chi connectivity index (χ0n) is 8.37. The van der Waals surface area contributed by atoms with Crippen LogP contribution in [0, 0.1) is 0 Å². The number of rotatable bonds is 0. The standard InChI is InChI=1S/C11H10N4S/c12-5-1-3-7-10-8(15-11(16)14-7)4-2-6(13)9(5)10/h1-4H,12-13H2,(H2,14,15,16). The van der Waals surface area contributed by atoms with Crippen LogP contribution in [0.4, 0.5) is 22.7 Å². The lowest BCUT2D eigenvalue weighted by molar-refractivity contribution is 1.59. The van der Waals surface area contributed by atoms with E-state index in [1.807, 2.05) is 24.3 Å². The Labute approximate surface area is 97.6 Å². The minimum atomic E-state index is 0.586. The molecular weight excluding hydrogens is 220 g/mol. The minimum absolute atomic E-state index is 0.586. The number of nitrogens with one attached hydrogen (secondary N) is 2. The molecule has 0 radical (unpaired) electrons. The van der Waals surface area contributed by atoms with Gasteiger partial charge < -0.3 is 22.1 Å². The molecular formula is C11H10N4S. The second-order valence-corrected chi connectivity index (χ2v) is 4.14.